The summed E-state index contributed by atoms with van der Waals surface area (Å²) in [7, 11) is 0. The molecule has 0 saturated heterocycles. The minimum atomic E-state index is 0.308. The van der Waals surface area contributed by atoms with Crippen LogP contribution < -0.4 is 10.5 Å². The van der Waals surface area contributed by atoms with Crippen LogP contribution in [0.4, 0.5) is 0 Å². The summed E-state index contributed by atoms with van der Waals surface area (Å²) in [6.07, 6.45) is 3.42. The molecular formula is C12H16ClNOS. The van der Waals surface area contributed by atoms with Gasteiger partial charge in [0, 0.05) is 5.56 Å². The molecule has 2 nitrogen and oxygen atoms in total. The van der Waals surface area contributed by atoms with Crippen molar-refractivity contribution in [3.63, 3.8) is 0 Å². The zero-order chi connectivity index (χ0) is 12.0. The van der Waals surface area contributed by atoms with Crippen LogP contribution in [0.3, 0.4) is 0 Å². The van der Waals surface area contributed by atoms with Gasteiger partial charge in [-0.15, -0.1) is 0 Å². The van der Waals surface area contributed by atoms with Gasteiger partial charge in [0.1, 0.15) is 10.7 Å². The van der Waals surface area contributed by atoms with Crippen molar-refractivity contribution in [1.29, 1.82) is 0 Å². The lowest BCUT2D eigenvalue weighted by Gasteiger charge is -2.08. The molecule has 0 unspecified atom stereocenters. The molecule has 0 fully saturated rings. The zero-order valence-electron chi connectivity index (χ0n) is 9.33. The first-order valence-electron chi connectivity index (χ1n) is 5.37. The lowest BCUT2D eigenvalue weighted by molar-refractivity contribution is 0.306. The van der Waals surface area contributed by atoms with Crippen molar-refractivity contribution in [2.75, 3.05) is 6.61 Å². The van der Waals surface area contributed by atoms with Gasteiger partial charge in [-0.1, -0.05) is 43.6 Å². The molecule has 0 bridgehead atoms. The first kappa shape index (κ1) is 13.3. The molecule has 88 valence electrons. The van der Waals surface area contributed by atoms with E-state index in [9.17, 15) is 0 Å². The van der Waals surface area contributed by atoms with Crippen molar-refractivity contribution in [2.24, 2.45) is 5.73 Å². The molecule has 0 spiro atoms. The SMILES string of the molecule is CCCCCOc1ccc(C(N)=S)c(Cl)c1. The van der Waals surface area contributed by atoms with Gasteiger partial charge >= 0.3 is 0 Å². The molecule has 0 saturated carbocycles. The molecule has 0 atom stereocenters. The van der Waals surface area contributed by atoms with Crippen molar-refractivity contribution in [3.8, 4) is 5.75 Å². The van der Waals surface area contributed by atoms with Gasteiger partial charge in [-0.25, -0.2) is 0 Å². The van der Waals surface area contributed by atoms with Gasteiger partial charge in [0.2, 0.25) is 0 Å². The molecule has 2 N–H and O–H groups in total. The van der Waals surface area contributed by atoms with Gasteiger partial charge in [0.05, 0.1) is 11.6 Å². The standard InChI is InChI=1S/C12H16ClNOS/c1-2-3-4-7-15-9-5-6-10(12(14)16)11(13)8-9/h5-6,8H,2-4,7H2,1H3,(H2,14,16). The summed E-state index contributed by atoms with van der Waals surface area (Å²) >= 11 is 10.9. The lowest BCUT2D eigenvalue weighted by Crippen LogP contribution is -2.10. The third-order valence-electron chi connectivity index (χ3n) is 2.22. The molecule has 0 aromatic heterocycles. The average Bonchev–Trinajstić information content (AvgIpc) is 2.24. The summed E-state index contributed by atoms with van der Waals surface area (Å²) in [6.45, 7) is 2.88. The number of rotatable bonds is 6. The molecule has 0 amide bonds. The third kappa shape index (κ3) is 3.99. The summed E-state index contributed by atoms with van der Waals surface area (Å²) < 4.78 is 5.56. The highest BCUT2D eigenvalue weighted by Crippen LogP contribution is 2.22. The first-order chi connectivity index (χ1) is 7.65. The fraction of sp³-hybridized carbons (Fsp3) is 0.417. The molecule has 4 heteroatoms. The highest BCUT2D eigenvalue weighted by atomic mass is 35.5. The van der Waals surface area contributed by atoms with Crippen molar-refractivity contribution >= 4 is 28.8 Å². The minimum Gasteiger partial charge on any atom is -0.494 e. The largest absolute Gasteiger partial charge is 0.494 e. The van der Waals surface area contributed by atoms with Crippen LogP contribution in [0.15, 0.2) is 18.2 Å². The van der Waals surface area contributed by atoms with Gasteiger partial charge < -0.3 is 10.5 Å². The Morgan fingerprint density at radius 2 is 2.19 bits per heavy atom. The Bertz CT molecular complexity index is 368. The van der Waals surface area contributed by atoms with Crippen LogP contribution in [-0.2, 0) is 0 Å². The molecule has 1 aromatic carbocycles. The summed E-state index contributed by atoms with van der Waals surface area (Å²) in [4.78, 5) is 0.308. The second-order valence-electron chi connectivity index (χ2n) is 3.56. The van der Waals surface area contributed by atoms with Crippen LogP contribution in [-0.4, -0.2) is 11.6 Å². The summed E-state index contributed by atoms with van der Waals surface area (Å²) in [5, 5.41) is 0.542. The predicted octanol–water partition coefficient (Wildman–Crippen LogP) is 3.54. The molecule has 16 heavy (non-hydrogen) atoms. The number of benzene rings is 1. The smallest absolute Gasteiger partial charge is 0.120 e. The molecule has 0 aliphatic carbocycles. The number of thiocarbonyl (C=S) groups is 1. The van der Waals surface area contributed by atoms with Crippen LogP contribution in [0.1, 0.15) is 31.7 Å². The molecule has 1 rings (SSSR count). The van der Waals surface area contributed by atoms with Gasteiger partial charge in [0.15, 0.2) is 0 Å². The second-order valence-corrected chi connectivity index (χ2v) is 4.41. The maximum absolute atomic E-state index is 6.02. The first-order valence-corrected chi connectivity index (χ1v) is 6.16. The number of unbranched alkanes of at least 4 members (excludes halogenated alkanes) is 2. The number of nitrogens with two attached hydrogens (primary N) is 1. The maximum atomic E-state index is 6.02. The van der Waals surface area contributed by atoms with E-state index < -0.39 is 0 Å². The third-order valence-corrected chi connectivity index (χ3v) is 2.76. The Balaban J connectivity index is 2.56. The quantitative estimate of drug-likeness (QED) is 0.625. The van der Waals surface area contributed by atoms with E-state index >= 15 is 0 Å². The number of hydrogen-bond donors (Lipinski definition) is 1. The van der Waals surface area contributed by atoms with E-state index in [-0.39, 0.29) is 0 Å². The number of hydrogen-bond acceptors (Lipinski definition) is 2. The maximum Gasteiger partial charge on any atom is 0.120 e. The van der Waals surface area contributed by atoms with Crippen molar-refractivity contribution in [3.05, 3.63) is 28.8 Å². The molecule has 0 heterocycles. The van der Waals surface area contributed by atoms with E-state index in [2.05, 4.69) is 6.92 Å². The second kappa shape index (κ2) is 6.71. The Labute approximate surface area is 107 Å². The van der Waals surface area contributed by atoms with Crippen LogP contribution >= 0.6 is 23.8 Å². The van der Waals surface area contributed by atoms with E-state index in [1.54, 1.807) is 12.1 Å². The van der Waals surface area contributed by atoms with E-state index in [4.69, 9.17) is 34.3 Å². The van der Waals surface area contributed by atoms with Crippen molar-refractivity contribution < 1.29 is 4.74 Å². The Morgan fingerprint density at radius 1 is 1.44 bits per heavy atom. The van der Waals surface area contributed by atoms with Gasteiger partial charge in [-0.2, -0.15) is 0 Å². The van der Waals surface area contributed by atoms with Gasteiger partial charge in [-0.05, 0) is 24.6 Å². The Kier molecular flexibility index (Phi) is 5.56. The molecule has 0 radical (unpaired) electrons. The number of halogens is 1. The Morgan fingerprint density at radius 3 is 2.75 bits per heavy atom. The Hall–Kier alpha value is -0.800. The van der Waals surface area contributed by atoms with Crippen LogP contribution in [0, 0.1) is 0 Å². The fourth-order valence-electron chi connectivity index (χ4n) is 1.33. The lowest BCUT2D eigenvalue weighted by atomic mass is 10.2. The molecular weight excluding hydrogens is 242 g/mol. The van der Waals surface area contributed by atoms with E-state index in [0.29, 0.717) is 15.6 Å². The molecule has 0 aliphatic heterocycles. The molecule has 1 aromatic rings. The number of ether oxygens (including phenoxy) is 1. The van der Waals surface area contributed by atoms with E-state index in [1.165, 1.54) is 12.8 Å². The van der Waals surface area contributed by atoms with Gasteiger partial charge in [0.25, 0.3) is 0 Å². The monoisotopic (exact) mass is 257 g/mol. The van der Waals surface area contributed by atoms with Crippen molar-refractivity contribution in [2.45, 2.75) is 26.2 Å². The molecule has 0 aliphatic rings. The van der Waals surface area contributed by atoms with E-state index in [0.717, 1.165) is 18.8 Å². The van der Waals surface area contributed by atoms with Crippen LogP contribution in [0.2, 0.25) is 5.02 Å². The van der Waals surface area contributed by atoms with Gasteiger partial charge in [-0.3, -0.25) is 0 Å². The summed E-state index contributed by atoms with van der Waals surface area (Å²) in [5.74, 6) is 0.765. The fourth-order valence-corrected chi connectivity index (χ4v) is 1.83. The highest BCUT2D eigenvalue weighted by Gasteiger charge is 2.04. The van der Waals surface area contributed by atoms with Crippen LogP contribution in [0.25, 0.3) is 0 Å². The average molecular weight is 258 g/mol. The van der Waals surface area contributed by atoms with E-state index in [1.807, 2.05) is 6.07 Å². The van der Waals surface area contributed by atoms with Crippen LogP contribution in [0.5, 0.6) is 5.75 Å². The van der Waals surface area contributed by atoms with Crippen molar-refractivity contribution in [1.82, 2.24) is 0 Å². The predicted molar refractivity (Wildman–Crippen MR) is 72.4 cm³/mol. The summed E-state index contributed by atoms with van der Waals surface area (Å²) in [6, 6.07) is 5.38. The minimum absolute atomic E-state index is 0.308. The highest BCUT2D eigenvalue weighted by molar-refractivity contribution is 7.80. The summed E-state index contributed by atoms with van der Waals surface area (Å²) in [5.41, 5.74) is 6.20. The normalized spacial score (nSPS) is 10.1. The topological polar surface area (TPSA) is 35.2 Å². The zero-order valence-corrected chi connectivity index (χ0v) is 10.9.